The topological polar surface area (TPSA) is 96.0 Å². The highest BCUT2D eigenvalue weighted by molar-refractivity contribution is 7.89. The van der Waals surface area contributed by atoms with Gasteiger partial charge in [-0.1, -0.05) is 20.3 Å². The monoisotopic (exact) mass is 301 g/mol. The van der Waals surface area contributed by atoms with Crippen molar-refractivity contribution in [1.29, 1.82) is 0 Å². The second kappa shape index (κ2) is 8.01. The minimum absolute atomic E-state index is 0.0191. The molecule has 0 fully saturated rings. The van der Waals surface area contributed by atoms with Gasteiger partial charge in [-0.25, -0.2) is 23.1 Å². The van der Waals surface area contributed by atoms with Crippen LogP contribution in [-0.4, -0.2) is 44.3 Å². The van der Waals surface area contributed by atoms with Crippen molar-refractivity contribution in [3.63, 3.8) is 0 Å². The van der Waals surface area contributed by atoms with Gasteiger partial charge >= 0.3 is 0 Å². The lowest BCUT2D eigenvalue weighted by Crippen LogP contribution is -2.29. The highest BCUT2D eigenvalue weighted by atomic mass is 32.2. The van der Waals surface area contributed by atoms with Crippen molar-refractivity contribution in [3.8, 4) is 0 Å². The van der Waals surface area contributed by atoms with E-state index in [1.54, 1.807) is 14.0 Å². The number of hydrogen-bond donors (Lipinski definition) is 3. The zero-order valence-corrected chi connectivity index (χ0v) is 13.0. The third-order valence-corrected chi connectivity index (χ3v) is 4.18. The molecule has 3 N–H and O–H groups in total. The van der Waals surface area contributed by atoms with Gasteiger partial charge < -0.3 is 10.6 Å². The molecule has 0 bridgehead atoms. The summed E-state index contributed by atoms with van der Waals surface area (Å²) in [5, 5.41) is 6.10. The average molecular weight is 301 g/mol. The number of nitrogens with one attached hydrogen (secondary N) is 3. The van der Waals surface area contributed by atoms with Gasteiger partial charge in [0.15, 0.2) is 0 Å². The van der Waals surface area contributed by atoms with E-state index < -0.39 is 10.0 Å². The number of anilines is 2. The third-order valence-electron chi connectivity index (χ3n) is 2.71. The smallest absolute Gasteiger partial charge is 0.213 e. The van der Waals surface area contributed by atoms with E-state index in [1.807, 2.05) is 0 Å². The lowest BCUT2D eigenvalue weighted by atomic mass is 10.1. The van der Waals surface area contributed by atoms with Crippen LogP contribution in [0.5, 0.6) is 0 Å². The van der Waals surface area contributed by atoms with Crippen LogP contribution >= 0.6 is 0 Å². The van der Waals surface area contributed by atoms with E-state index in [-0.39, 0.29) is 5.75 Å². The second-order valence-electron chi connectivity index (χ2n) is 4.29. The van der Waals surface area contributed by atoms with E-state index >= 15 is 0 Å². The molecule has 0 radical (unpaired) electrons. The number of rotatable bonds is 9. The highest BCUT2D eigenvalue weighted by Gasteiger charge is 2.12. The Morgan fingerprint density at radius 2 is 1.90 bits per heavy atom. The fourth-order valence-electron chi connectivity index (χ4n) is 1.86. The van der Waals surface area contributed by atoms with Crippen LogP contribution in [-0.2, 0) is 16.4 Å². The van der Waals surface area contributed by atoms with Gasteiger partial charge in [-0.15, -0.1) is 0 Å². The Bertz CT molecular complexity index is 519. The molecule has 20 heavy (non-hydrogen) atoms. The zero-order valence-electron chi connectivity index (χ0n) is 12.2. The number of aromatic nitrogens is 2. The largest absolute Gasteiger partial charge is 0.373 e. The predicted molar refractivity (Wildman–Crippen MR) is 81.5 cm³/mol. The maximum atomic E-state index is 11.6. The van der Waals surface area contributed by atoms with Gasteiger partial charge in [-0.05, 0) is 6.42 Å². The van der Waals surface area contributed by atoms with Gasteiger partial charge in [0.1, 0.15) is 18.0 Å². The van der Waals surface area contributed by atoms with Crippen LogP contribution in [0.3, 0.4) is 0 Å². The van der Waals surface area contributed by atoms with Gasteiger partial charge in [0.25, 0.3) is 0 Å². The molecule has 0 saturated heterocycles. The second-order valence-corrected chi connectivity index (χ2v) is 6.22. The summed E-state index contributed by atoms with van der Waals surface area (Å²) in [6, 6.07) is 0. The summed E-state index contributed by atoms with van der Waals surface area (Å²) in [6.07, 6.45) is 3.26. The first-order valence-corrected chi connectivity index (χ1v) is 8.42. The summed E-state index contributed by atoms with van der Waals surface area (Å²) < 4.78 is 25.6. The van der Waals surface area contributed by atoms with Crippen LogP contribution in [0.4, 0.5) is 11.6 Å². The van der Waals surface area contributed by atoms with Crippen molar-refractivity contribution in [3.05, 3.63) is 11.9 Å². The maximum absolute atomic E-state index is 11.6. The van der Waals surface area contributed by atoms with Crippen LogP contribution in [0, 0.1) is 0 Å². The van der Waals surface area contributed by atoms with Crippen molar-refractivity contribution < 1.29 is 8.42 Å². The predicted octanol–water partition coefficient (Wildman–Crippen LogP) is 0.822. The average Bonchev–Trinajstić information content (AvgIpc) is 2.40. The first kappa shape index (κ1) is 16.6. The standard InChI is InChI=1S/C12H23N5O2S/c1-4-6-10-11(13-3)15-9-16-12(10)14-7-8-20(18,19)17-5-2/h9,17H,4-8H2,1-3H3,(H2,13,14,15,16). The molecule has 8 heteroatoms. The Kier molecular flexibility index (Phi) is 6.66. The normalized spacial score (nSPS) is 11.3. The van der Waals surface area contributed by atoms with Crippen molar-refractivity contribution in [2.45, 2.75) is 26.7 Å². The Morgan fingerprint density at radius 1 is 1.20 bits per heavy atom. The van der Waals surface area contributed by atoms with Gasteiger partial charge in [-0.2, -0.15) is 0 Å². The fraction of sp³-hybridized carbons (Fsp3) is 0.667. The molecule has 0 aliphatic carbocycles. The van der Waals surface area contributed by atoms with E-state index in [4.69, 9.17) is 0 Å². The zero-order chi connectivity index (χ0) is 15.0. The summed E-state index contributed by atoms with van der Waals surface area (Å²) in [4.78, 5) is 8.36. The van der Waals surface area contributed by atoms with Gasteiger partial charge in [0.05, 0.1) is 5.75 Å². The first-order chi connectivity index (χ1) is 9.54. The van der Waals surface area contributed by atoms with Crippen molar-refractivity contribution in [2.75, 3.05) is 36.5 Å². The van der Waals surface area contributed by atoms with Crippen molar-refractivity contribution >= 4 is 21.7 Å². The minimum atomic E-state index is -3.21. The summed E-state index contributed by atoms with van der Waals surface area (Å²) in [6.45, 7) is 4.55. The van der Waals surface area contributed by atoms with Crippen LogP contribution < -0.4 is 15.4 Å². The SMILES string of the molecule is CCCc1c(NC)ncnc1NCCS(=O)(=O)NCC. The van der Waals surface area contributed by atoms with Crippen LogP contribution in [0.2, 0.25) is 0 Å². The number of hydrogen-bond acceptors (Lipinski definition) is 6. The molecule has 0 amide bonds. The molecule has 0 aliphatic rings. The molecule has 0 aromatic carbocycles. The molecule has 7 nitrogen and oxygen atoms in total. The number of nitrogens with zero attached hydrogens (tertiary/aromatic N) is 2. The van der Waals surface area contributed by atoms with Gasteiger partial charge in [-0.3, -0.25) is 0 Å². The van der Waals surface area contributed by atoms with Crippen LogP contribution in [0.25, 0.3) is 0 Å². The quantitative estimate of drug-likeness (QED) is 0.625. The first-order valence-electron chi connectivity index (χ1n) is 6.76. The number of sulfonamides is 1. The summed E-state index contributed by atoms with van der Waals surface area (Å²) in [7, 11) is -1.41. The Labute approximate surface area is 120 Å². The minimum Gasteiger partial charge on any atom is -0.373 e. The molecular weight excluding hydrogens is 278 g/mol. The molecule has 0 spiro atoms. The molecule has 1 aromatic rings. The summed E-state index contributed by atoms with van der Waals surface area (Å²) in [5.41, 5.74) is 0.985. The van der Waals surface area contributed by atoms with E-state index in [2.05, 4.69) is 32.2 Å². The molecular formula is C12H23N5O2S. The Morgan fingerprint density at radius 3 is 2.50 bits per heavy atom. The molecule has 1 rings (SSSR count). The van der Waals surface area contributed by atoms with E-state index in [0.29, 0.717) is 18.9 Å². The summed E-state index contributed by atoms with van der Waals surface area (Å²) in [5.74, 6) is 1.49. The van der Waals surface area contributed by atoms with Crippen LogP contribution in [0.1, 0.15) is 25.8 Å². The molecule has 1 aromatic heterocycles. The lowest BCUT2D eigenvalue weighted by molar-refractivity contribution is 0.584. The molecule has 1 heterocycles. The van der Waals surface area contributed by atoms with Crippen LogP contribution in [0.15, 0.2) is 6.33 Å². The summed E-state index contributed by atoms with van der Waals surface area (Å²) >= 11 is 0. The Hall–Kier alpha value is -1.41. The van der Waals surface area contributed by atoms with E-state index in [1.165, 1.54) is 6.33 Å². The maximum Gasteiger partial charge on any atom is 0.213 e. The molecule has 0 atom stereocenters. The fourth-order valence-corrected chi connectivity index (χ4v) is 2.82. The molecule has 0 unspecified atom stereocenters. The van der Waals surface area contributed by atoms with Crippen molar-refractivity contribution in [2.24, 2.45) is 0 Å². The molecule has 0 aliphatic heterocycles. The van der Waals surface area contributed by atoms with E-state index in [9.17, 15) is 8.42 Å². The Balaban J connectivity index is 2.72. The molecule has 0 saturated carbocycles. The van der Waals surface area contributed by atoms with E-state index in [0.717, 1.165) is 24.2 Å². The molecule has 114 valence electrons. The van der Waals surface area contributed by atoms with Crippen molar-refractivity contribution in [1.82, 2.24) is 14.7 Å². The lowest BCUT2D eigenvalue weighted by Gasteiger charge is -2.13. The third kappa shape index (κ3) is 4.93. The van der Waals surface area contributed by atoms with Gasteiger partial charge in [0, 0.05) is 25.7 Å². The van der Waals surface area contributed by atoms with Gasteiger partial charge in [0.2, 0.25) is 10.0 Å². The highest BCUT2D eigenvalue weighted by Crippen LogP contribution is 2.20.